The molecule has 0 aromatic rings. The van der Waals surface area contributed by atoms with Gasteiger partial charge in [0.15, 0.2) is 0 Å². The number of hydrogen-bond acceptors (Lipinski definition) is 0. The first kappa shape index (κ1) is 13.4. The molecule has 0 aliphatic heterocycles. The highest BCUT2D eigenvalue weighted by molar-refractivity contribution is 4.97. The highest BCUT2D eigenvalue weighted by atomic mass is 14.5. The summed E-state index contributed by atoms with van der Waals surface area (Å²) in [5.74, 6) is 2.02. The first-order valence-corrected chi connectivity index (χ1v) is 7.97. The van der Waals surface area contributed by atoms with Crippen molar-refractivity contribution in [2.24, 2.45) is 22.7 Å². The Morgan fingerprint density at radius 1 is 1.24 bits per heavy atom. The van der Waals surface area contributed by atoms with E-state index in [1.807, 2.05) is 0 Å². The van der Waals surface area contributed by atoms with Gasteiger partial charge in [-0.2, -0.15) is 0 Å². The Morgan fingerprint density at radius 3 is 2.35 bits per heavy atom. The highest BCUT2D eigenvalue weighted by Gasteiger charge is 2.46. The first-order valence-electron chi connectivity index (χ1n) is 7.97. The Balaban J connectivity index is 1.89. The van der Waals surface area contributed by atoms with Crippen molar-refractivity contribution >= 4 is 0 Å². The van der Waals surface area contributed by atoms with Crippen LogP contribution >= 0.6 is 0 Å². The predicted octanol–water partition coefficient (Wildman–Crippen LogP) is 5.81. The molecule has 0 heteroatoms. The molecule has 0 heterocycles. The smallest absolute Gasteiger partial charge is 0.0292 e. The molecule has 0 N–H and O–H groups in total. The van der Waals surface area contributed by atoms with Gasteiger partial charge in [-0.05, 0) is 67.6 Å². The Hall–Kier alpha value is 0. The lowest BCUT2D eigenvalue weighted by atomic mass is 9.67. The number of hydrogen-bond donors (Lipinski definition) is 0. The second-order valence-corrected chi connectivity index (χ2v) is 7.84. The molecule has 0 radical (unpaired) electrons. The number of rotatable bonds is 6. The van der Waals surface area contributed by atoms with Gasteiger partial charge in [0.2, 0.25) is 0 Å². The highest BCUT2D eigenvalue weighted by Crippen LogP contribution is 2.58. The molecule has 100 valence electrons. The van der Waals surface area contributed by atoms with Crippen LogP contribution in [0.2, 0.25) is 0 Å². The van der Waals surface area contributed by atoms with Crippen molar-refractivity contribution in [3.8, 4) is 0 Å². The van der Waals surface area contributed by atoms with Crippen molar-refractivity contribution in [1.82, 2.24) is 0 Å². The van der Waals surface area contributed by atoms with Crippen LogP contribution in [0.3, 0.4) is 0 Å². The molecule has 0 aromatic carbocycles. The minimum atomic E-state index is 0.561. The van der Waals surface area contributed by atoms with Crippen molar-refractivity contribution in [1.29, 1.82) is 0 Å². The molecule has 0 saturated heterocycles. The van der Waals surface area contributed by atoms with E-state index in [1.165, 1.54) is 25.7 Å². The summed E-state index contributed by atoms with van der Waals surface area (Å²) in [7, 11) is 0. The van der Waals surface area contributed by atoms with Crippen molar-refractivity contribution in [2.75, 3.05) is 0 Å². The van der Waals surface area contributed by atoms with Crippen LogP contribution in [0.4, 0.5) is 0 Å². The van der Waals surface area contributed by atoms with Crippen LogP contribution in [0.15, 0.2) is 0 Å². The quantitative estimate of drug-likeness (QED) is 0.546. The Labute approximate surface area is 109 Å². The zero-order valence-corrected chi connectivity index (χ0v) is 12.5. The summed E-state index contributed by atoms with van der Waals surface area (Å²) in [6, 6.07) is 0. The maximum Gasteiger partial charge on any atom is -0.0292 e. The van der Waals surface area contributed by atoms with Crippen LogP contribution < -0.4 is 0 Å². The summed E-state index contributed by atoms with van der Waals surface area (Å²) in [4.78, 5) is 0. The second kappa shape index (κ2) is 4.94. The Bertz CT molecular complexity index is 243. The monoisotopic (exact) mass is 236 g/mol. The molecule has 0 amide bonds. The summed E-state index contributed by atoms with van der Waals surface area (Å²) in [5.41, 5.74) is 1.35. The van der Waals surface area contributed by atoms with Crippen LogP contribution in [-0.2, 0) is 0 Å². The minimum Gasteiger partial charge on any atom is -0.0654 e. The van der Waals surface area contributed by atoms with Gasteiger partial charge in [-0.3, -0.25) is 0 Å². The van der Waals surface area contributed by atoms with Gasteiger partial charge >= 0.3 is 0 Å². The van der Waals surface area contributed by atoms with Gasteiger partial charge in [0, 0.05) is 0 Å². The van der Waals surface area contributed by atoms with Gasteiger partial charge < -0.3 is 0 Å². The molecule has 0 aromatic heterocycles. The molecule has 2 fully saturated rings. The molecule has 2 rings (SSSR count). The summed E-state index contributed by atoms with van der Waals surface area (Å²) in [6.45, 7) is 9.85. The van der Waals surface area contributed by atoms with E-state index in [-0.39, 0.29) is 0 Å². The van der Waals surface area contributed by atoms with Crippen LogP contribution in [0.25, 0.3) is 0 Å². The third kappa shape index (κ3) is 2.88. The lowest BCUT2D eigenvalue weighted by molar-refractivity contribution is 0.124. The Kier molecular flexibility index (Phi) is 3.90. The molecule has 2 aliphatic carbocycles. The fraction of sp³-hybridized carbons (Fsp3) is 1.00. The SMILES string of the molecule is CCCCC(C)(C)C(C)CC12CCC(CC1)C2. The van der Waals surface area contributed by atoms with Crippen molar-refractivity contribution in [2.45, 2.75) is 85.5 Å². The van der Waals surface area contributed by atoms with E-state index in [0.29, 0.717) is 5.41 Å². The third-order valence-corrected chi connectivity index (χ3v) is 6.14. The van der Waals surface area contributed by atoms with Crippen LogP contribution in [-0.4, -0.2) is 0 Å². The molecular formula is C17H32. The fourth-order valence-electron chi connectivity index (χ4n) is 4.40. The van der Waals surface area contributed by atoms with E-state index in [9.17, 15) is 0 Å². The average Bonchev–Trinajstić information content (AvgIpc) is 2.86. The molecule has 2 saturated carbocycles. The van der Waals surface area contributed by atoms with E-state index in [4.69, 9.17) is 0 Å². The molecule has 17 heavy (non-hydrogen) atoms. The van der Waals surface area contributed by atoms with E-state index in [2.05, 4.69) is 27.7 Å². The van der Waals surface area contributed by atoms with E-state index < -0.39 is 0 Å². The fourth-order valence-corrected chi connectivity index (χ4v) is 4.40. The molecule has 1 unspecified atom stereocenters. The number of unbranched alkanes of at least 4 members (excludes halogenated alkanes) is 1. The molecule has 1 atom stereocenters. The summed E-state index contributed by atoms with van der Waals surface area (Å²) in [6.07, 6.45) is 13.4. The van der Waals surface area contributed by atoms with Crippen molar-refractivity contribution < 1.29 is 0 Å². The van der Waals surface area contributed by atoms with E-state index in [0.717, 1.165) is 17.3 Å². The third-order valence-electron chi connectivity index (χ3n) is 6.14. The molecule has 2 aliphatic rings. The summed E-state index contributed by atoms with van der Waals surface area (Å²) < 4.78 is 0. The second-order valence-electron chi connectivity index (χ2n) is 7.84. The maximum atomic E-state index is 2.52. The zero-order valence-electron chi connectivity index (χ0n) is 12.5. The van der Waals surface area contributed by atoms with Gasteiger partial charge in [0.25, 0.3) is 0 Å². The summed E-state index contributed by atoms with van der Waals surface area (Å²) >= 11 is 0. The van der Waals surface area contributed by atoms with Gasteiger partial charge in [0.05, 0.1) is 0 Å². The molecular weight excluding hydrogens is 204 g/mol. The normalized spacial score (nSPS) is 34.2. The average molecular weight is 236 g/mol. The zero-order chi connectivity index (χ0) is 12.5. The van der Waals surface area contributed by atoms with Crippen LogP contribution in [0.5, 0.6) is 0 Å². The van der Waals surface area contributed by atoms with E-state index in [1.54, 1.807) is 32.1 Å². The van der Waals surface area contributed by atoms with Gasteiger partial charge in [-0.15, -0.1) is 0 Å². The van der Waals surface area contributed by atoms with Crippen LogP contribution in [0, 0.1) is 22.7 Å². The summed E-state index contributed by atoms with van der Waals surface area (Å²) in [5, 5.41) is 0. The topological polar surface area (TPSA) is 0 Å². The van der Waals surface area contributed by atoms with E-state index >= 15 is 0 Å². The standard InChI is InChI=1S/C17H32/c1-5-6-9-16(3,4)14(2)12-17-10-7-15(13-17)8-11-17/h14-15H,5-13H2,1-4H3. The number of fused-ring (bicyclic) bond motifs is 2. The molecule has 0 spiro atoms. The minimum absolute atomic E-state index is 0.561. The molecule has 0 nitrogen and oxygen atoms in total. The Morgan fingerprint density at radius 2 is 1.88 bits per heavy atom. The van der Waals surface area contributed by atoms with Crippen molar-refractivity contribution in [3.63, 3.8) is 0 Å². The van der Waals surface area contributed by atoms with Gasteiger partial charge in [-0.25, -0.2) is 0 Å². The lowest BCUT2D eigenvalue weighted by Crippen LogP contribution is -2.28. The van der Waals surface area contributed by atoms with Gasteiger partial charge in [0.1, 0.15) is 0 Å². The van der Waals surface area contributed by atoms with Crippen LogP contribution in [0.1, 0.15) is 85.5 Å². The lowest BCUT2D eigenvalue weighted by Gasteiger charge is -2.38. The molecule has 2 bridgehead atoms. The van der Waals surface area contributed by atoms with Gasteiger partial charge in [-0.1, -0.05) is 40.5 Å². The maximum absolute atomic E-state index is 2.52. The van der Waals surface area contributed by atoms with Crippen molar-refractivity contribution in [3.05, 3.63) is 0 Å². The largest absolute Gasteiger partial charge is 0.0654 e. The predicted molar refractivity (Wildman–Crippen MR) is 76.1 cm³/mol. The first-order chi connectivity index (χ1) is 7.97.